The predicted octanol–water partition coefficient (Wildman–Crippen LogP) is 3.08. The number of likely N-dealkylation sites (tertiary alicyclic amines) is 1. The van der Waals surface area contributed by atoms with Crippen LogP contribution in [0.4, 0.5) is 5.82 Å². The highest BCUT2D eigenvalue weighted by Gasteiger charge is 2.24. The monoisotopic (exact) mass is 283 g/mol. The van der Waals surface area contributed by atoms with Gasteiger partial charge in [0.05, 0.1) is 11.1 Å². The highest BCUT2D eigenvalue weighted by atomic mass is 16.2. The molecule has 4 heteroatoms. The van der Waals surface area contributed by atoms with Crippen LogP contribution in [0.1, 0.15) is 36.5 Å². The molecule has 2 heterocycles. The minimum atomic E-state index is 0.0786. The molecule has 21 heavy (non-hydrogen) atoms. The van der Waals surface area contributed by atoms with E-state index in [1.807, 2.05) is 29.2 Å². The van der Waals surface area contributed by atoms with Crippen LogP contribution >= 0.6 is 0 Å². The van der Waals surface area contributed by atoms with Crippen molar-refractivity contribution < 1.29 is 4.79 Å². The number of hydrogen-bond acceptors (Lipinski definition) is 3. The number of nitrogen functional groups attached to an aromatic ring is 1. The van der Waals surface area contributed by atoms with Gasteiger partial charge in [-0.2, -0.15) is 0 Å². The average molecular weight is 283 g/mol. The summed E-state index contributed by atoms with van der Waals surface area (Å²) in [4.78, 5) is 19.1. The third kappa shape index (κ3) is 2.71. The fraction of sp³-hybridized carbons (Fsp3) is 0.412. The SMILES string of the molecule is CCC1CCN(C(=O)c2cc(N)nc3ccccc23)CC1. The van der Waals surface area contributed by atoms with Crippen LogP contribution in [-0.2, 0) is 0 Å². The molecule has 110 valence electrons. The Morgan fingerprint density at radius 2 is 2.05 bits per heavy atom. The highest BCUT2D eigenvalue weighted by Crippen LogP contribution is 2.25. The Labute approximate surface area is 125 Å². The minimum absolute atomic E-state index is 0.0786. The zero-order chi connectivity index (χ0) is 14.8. The zero-order valence-electron chi connectivity index (χ0n) is 12.4. The van der Waals surface area contributed by atoms with Crippen molar-refractivity contribution in [1.82, 2.24) is 9.88 Å². The first-order valence-corrected chi connectivity index (χ1v) is 7.63. The van der Waals surface area contributed by atoms with E-state index >= 15 is 0 Å². The number of carbonyl (C=O) groups excluding carboxylic acids is 1. The number of para-hydroxylation sites is 1. The molecule has 2 aromatic rings. The number of piperidine rings is 1. The van der Waals surface area contributed by atoms with Gasteiger partial charge >= 0.3 is 0 Å². The van der Waals surface area contributed by atoms with Crippen LogP contribution < -0.4 is 5.73 Å². The van der Waals surface area contributed by atoms with Crippen molar-refractivity contribution in [1.29, 1.82) is 0 Å². The number of carbonyl (C=O) groups is 1. The van der Waals surface area contributed by atoms with Gasteiger partial charge in [0.1, 0.15) is 5.82 Å². The van der Waals surface area contributed by atoms with Crippen molar-refractivity contribution in [3.05, 3.63) is 35.9 Å². The van der Waals surface area contributed by atoms with Crippen LogP contribution in [0.3, 0.4) is 0 Å². The summed E-state index contributed by atoms with van der Waals surface area (Å²) in [7, 11) is 0. The standard InChI is InChI=1S/C17H21N3O/c1-2-12-7-9-20(10-8-12)17(21)14-11-16(18)19-15-6-4-3-5-13(14)15/h3-6,11-12H,2,7-10H2,1H3,(H2,18,19). The van der Waals surface area contributed by atoms with E-state index in [2.05, 4.69) is 11.9 Å². The predicted molar refractivity (Wildman–Crippen MR) is 85.1 cm³/mol. The molecule has 0 spiro atoms. The molecule has 1 aliphatic rings. The first-order chi connectivity index (χ1) is 10.2. The molecule has 0 aliphatic carbocycles. The van der Waals surface area contributed by atoms with E-state index in [1.165, 1.54) is 6.42 Å². The zero-order valence-corrected chi connectivity index (χ0v) is 12.4. The first kappa shape index (κ1) is 13.9. The van der Waals surface area contributed by atoms with Crippen LogP contribution in [0, 0.1) is 5.92 Å². The molecule has 0 radical (unpaired) electrons. The summed E-state index contributed by atoms with van der Waals surface area (Å²) in [6.07, 6.45) is 3.40. The van der Waals surface area contributed by atoms with Gasteiger partial charge in [0.25, 0.3) is 5.91 Å². The third-order valence-corrected chi connectivity index (χ3v) is 4.45. The number of pyridine rings is 1. The Hall–Kier alpha value is -2.10. The maximum atomic E-state index is 12.8. The molecule has 2 N–H and O–H groups in total. The van der Waals surface area contributed by atoms with Crippen LogP contribution in [0.25, 0.3) is 10.9 Å². The molecule has 1 amide bonds. The molecule has 1 saturated heterocycles. The molecule has 0 atom stereocenters. The van der Waals surface area contributed by atoms with Crippen molar-refractivity contribution in [2.75, 3.05) is 18.8 Å². The minimum Gasteiger partial charge on any atom is -0.384 e. The number of benzene rings is 1. The largest absolute Gasteiger partial charge is 0.384 e. The maximum Gasteiger partial charge on any atom is 0.254 e. The second-order valence-corrected chi connectivity index (χ2v) is 5.76. The molecule has 1 fully saturated rings. The van der Waals surface area contributed by atoms with Crippen molar-refractivity contribution in [3.63, 3.8) is 0 Å². The third-order valence-electron chi connectivity index (χ3n) is 4.45. The molecule has 0 bridgehead atoms. The fourth-order valence-electron chi connectivity index (χ4n) is 3.09. The second-order valence-electron chi connectivity index (χ2n) is 5.76. The summed E-state index contributed by atoms with van der Waals surface area (Å²) in [6, 6.07) is 9.38. The van der Waals surface area contributed by atoms with Crippen LogP contribution in [0.2, 0.25) is 0 Å². The van der Waals surface area contributed by atoms with Crippen LogP contribution in [-0.4, -0.2) is 28.9 Å². The average Bonchev–Trinajstić information content (AvgIpc) is 2.53. The Morgan fingerprint density at radius 3 is 2.76 bits per heavy atom. The summed E-state index contributed by atoms with van der Waals surface area (Å²) in [5.74, 6) is 1.24. The van der Waals surface area contributed by atoms with E-state index in [4.69, 9.17) is 5.73 Å². The number of rotatable bonds is 2. The quantitative estimate of drug-likeness (QED) is 0.921. The first-order valence-electron chi connectivity index (χ1n) is 7.63. The number of fused-ring (bicyclic) bond motifs is 1. The van der Waals surface area contributed by atoms with Gasteiger partial charge in [0.15, 0.2) is 0 Å². The summed E-state index contributed by atoms with van der Waals surface area (Å²) >= 11 is 0. The van der Waals surface area contributed by atoms with Crippen molar-refractivity contribution in [3.8, 4) is 0 Å². The molecule has 0 saturated carbocycles. The van der Waals surface area contributed by atoms with Crippen molar-refractivity contribution >= 4 is 22.6 Å². The molecule has 1 aromatic heterocycles. The normalized spacial score (nSPS) is 16.3. The lowest BCUT2D eigenvalue weighted by atomic mass is 9.94. The number of nitrogens with zero attached hydrogens (tertiary/aromatic N) is 2. The van der Waals surface area contributed by atoms with Gasteiger partial charge in [-0.25, -0.2) is 4.98 Å². The summed E-state index contributed by atoms with van der Waals surface area (Å²) < 4.78 is 0. The van der Waals surface area contributed by atoms with Gasteiger partial charge in [-0.15, -0.1) is 0 Å². The molecule has 1 aromatic carbocycles. The van der Waals surface area contributed by atoms with Gasteiger partial charge < -0.3 is 10.6 Å². The van der Waals surface area contributed by atoms with E-state index in [9.17, 15) is 4.79 Å². The summed E-state index contributed by atoms with van der Waals surface area (Å²) in [6.45, 7) is 3.90. The summed E-state index contributed by atoms with van der Waals surface area (Å²) in [5, 5.41) is 0.884. The van der Waals surface area contributed by atoms with Gasteiger partial charge in [-0.05, 0) is 30.9 Å². The molecule has 3 rings (SSSR count). The fourth-order valence-corrected chi connectivity index (χ4v) is 3.09. The number of anilines is 1. The number of hydrogen-bond donors (Lipinski definition) is 1. The molecule has 1 aliphatic heterocycles. The summed E-state index contributed by atoms with van der Waals surface area (Å²) in [5.41, 5.74) is 7.31. The van der Waals surface area contributed by atoms with E-state index < -0.39 is 0 Å². The van der Waals surface area contributed by atoms with Gasteiger partial charge in [0.2, 0.25) is 0 Å². The Morgan fingerprint density at radius 1 is 1.33 bits per heavy atom. The van der Waals surface area contributed by atoms with E-state index in [1.54, 1.807) is 6.07 Å². The highest BCUT2D eigenvalue weighted by molar-refractivity contribution is 6.06. The van der Waals surface area contributed by atoms with E-state index in [-0.39, 0.29) is 5.91 Å². The van der Waals surface area contributed by atoms with E-state index in [0.29, 0.717) is 11.4 Å². The van der Waals surface area contributed by atoms with Crippen LogP contribution in [0.5, 0.6) is 0 Å². The lowest BCUT2D eigenvalue weighted by Gasteiger charge is -2.31. The molecule has 0 unspecified atom stereocenters. The molecule has 4 nitrogen and oxygen atoms in total. The molecular formula is C17H21N3O. The maximum absolute atomic E-state index is 12.8. The van der Waals surface area contributed by atoms with Gasteiger partial charge in [-0.1, -0.05) is 31.5 Å². The Kier molecular flexibility index (Phi) is 3.78. The number of aromatic nitrogens is 1. The number of amides is 1. The Bertz CT molecular complexity index is 660. The van der Waals surface area contributed by atoms with Gasteiger partial charge in [0, 0.05) is 18.5 Å². The molecular weight excluding hydrogens is 262 g/mol. The lowest BCUT2D eigenvalue weighted by molar-refractivity contribution is 0.0691. The van der Waals surface area contributed by atoms with Crippen LogP contribution in [0.15, 0.2) is 30.3 Å². The lowest BCUT2D eigenvalue weighted by Crippen LogP contribution is -2.38. The second kappa shape index (κ2) is 5.72. The number of nitrogens with two attached hydrogens (primary N) is 1. The van der Waals surface area contributed by atoms with Crippen molar-refractivity contribution in [2.45, 2.75) is 26.2 Å². The topological polar surface area (TPSA) is 59.2 Å². The smallest absolute Gasteiger partial charge is 0.254 e. The van der Waals surface area contributed by atoms with Crippen molar-refractivity contribution in [2.24, 2.45) is 5.92 Å². The van der Waals surface area contributed by atoms with Gasteiger partial charge in [-0.3, -0.25) is 4.79 Å². The Balaban J connectivity index is 1.91. The van der Waals surface area contributed by atoms with E-state index in [0.717, 1.165) is 42.8 Å².